The summed E-state index contributed by atoms with van der Waals surface area (Å²) in [5, 5.41) is 0.694. The van der Waals surface area contributed by atoms with Crippen LogP contribution in [0.25, 0.3) is 22.2 Å². The number of ketones is 1. The highest BCUT2D eigenvalue weighted by Gasteiger charge is 2.21. The Kier molecular flexibility index (Phi) is 5.99. The Hall–Kier alpha value is -3.99. The number of pyridine rings is 1. The molecule has 0 aliphatic rings. The van der Waals surface area contributed by atoms with Gasteiger partial charge in [-0.2, -0.15) is 0 Å². The summed E-state index contributed by atoms with van der Waals surface area (Å²) >= 11 is 0. The average Bonchev–Trinajstić information content (AvgIpc) is 2.82. The lowest BCUT2D eigenvalue weighted by molar-refractivity contribution is 0.0476. The zero-order valence-corrected chi connectivity index (χ0v) is 18.2. The maximum atomic E-state index is 13.1. The van der Waals surface area contributed by atoms with Crippen LogP contribution in [0.2, 0.25) is 0 Å². The summed E-state index contributed by atoms with van der Waals surface area (Å²) < 4.78 is 10.6. The number of Topliss-reactive ketones (excluding diaryl/α,β-unsaturated/α-hetero) is 1. The first-order valence-corrected chi connectivity index (χ1v) is 10.3. The summed E-state index contributed by atoms with van der Waals surface area (Å²) in [6, 6.07) is 22.2. The van der Waals surface area contributed by atoms with Crippen molar-refractivity contribution in [3.05, 3.63) is 95.1 Å². The number of nitrogens with zero attached hydrogens (tertiary/aromatic N) is 1. The monoisotopic (exact) mass is 425 g/mol. The molecule has 4 rings (SSSR count). The third-order valence-electron chi connectivity index (χ3n) is 5.39. The van der Waals surface area contributed by atoms with Gasteiger partial charge in [-0.25, -0.2) is 9.78 Å². The Balaban J connectivity index is 1.68. The number of para-hydroxylation sites is 1. The van der Waals surface area contributed by atoms with Gasteiger partial charge in [0.2, 0.25) is 0 Å². The van der Waals surface area contributed by atoms with Gasteiger partial charge in [0.25, 0.3) is 0 Å². The summed E-state index contributed by atoms with van der Waals surface area (Å²) in [7, 11) is 1.53. The van der Waals surface area contributed by atoms with E-state index >= 15 is 0 Å². The fraction of sp³-hybridized carbons (Fsp3) is 0.148. The fourth-order valence-electron chi connectivity index (χ4n) is 3.65. The smallest absolute Gasteiger partial charge is 0.339 e. The highest BCUT2D eigenvalue weighted by molar-refractivity contribution is 6.07. The third-order valence-corrected chi connectivity index (χ3v) is 5.39. The predicted octanol–water partition coefficient (Wildman–Crippen LogP) is 5.57. The molecule has 0 bridgehead atoms. The maximum Gasteiger partial charge on any atom is 0.339 e. The standard InChI is InChI=1S/C27H23NO4/c1-17-11-13-19(14-12-17)26-18(2)25(22-9-4-5-10-23(22)28-26)27(30)32-16-24(29)20-7-6-8-21(15-20)31-3/h4-15H,16H2,1-3H3. The van der Waals surface area contributed by atoms with Gasteiger partial charge in [-0.1, -0.05) is 60.2 Å². The Morgan fingerprint density at radius 3 is 2.41 bits per heavy atom. The van der Waals surface area contributed by atoms with Crippen LogP contribution in [0.5, 0.6) is 5.75 Å². The minimum atomic E-state index is -0.550. The molecule has 1 heterocycles. The van der Waals surface area contributed by atoms with Gasteiger partial charge in [0.1, 0.15) is 5.75 Å². The molecule has 0 fully saturated rings. The largest absolute Gasteiger partial charge is 0.497 e. The summed E-state index contributed by atoms with van der Waals surface area (Å²) in [5.41, 5.74) is 5.03. The lowest BCUT2D eigenvalue weighted by Crippen LogP contribution is -2.16. The highest BCUT2D eigenvalue weighted by atomic mass is 16.5. The van der Waals surface area contributed by atoms with E-state index in [0.29, 0.717) is 33.3 Å². The van der Waals surface area contributed by atoms with Gasteiger partial charge in [0, 0.05) is 16.5 Å². The van der Waals surface area contributed by atoms with Crippen LogP contribution in [-0.4, -0.2) is 30.5 Å². The van der Waals surface area contributed by atoms with E-state index in [2.05, 4.69) is 0 Å². The number of carbonyl (C=O) groups is 2. The number of aryl methyl sites for hydroxylation is 1. The molecule has 160 valence electrons. The minimum Gasteiger partial charge on any atom is -0.497 e. The van der Waals surface area contributed by atoms with Crippen LogP contribution in [0, 0.1) is 13.8 Å². The minimum absolute atomic E-state index is 0.299. The lowest BCUT2D eigenvalue weighted by Gasteiger charge is -2.14. The molecule has 0 aliphatic carbocycles. The number of fused-ring (bicyclic) bond motifs is 1. The van der Waals surface area contributed by atoms with E-state index in [1.807, 2.05) is 62.4 Å². The third kappa shape index (κ3) is 4.23. The van der Waals surface area contributed by atoms with Crippen LogP contribution in [0.1, 0.15) is 31.8 Å². The van der Waals surface area contributed by atoms with Gasteiger partial charge in [-0.3, -0.25) is 4.79 Å². The first kappa shape index (κ1) is 21.2. The van der Waals surface area contributed by atoms with E-state index in [1.54, 1.807) is 24.3 Å². The number of esters is 1. The van der Waals surface area contributed by atoms with Crippen molar-refractivity contribution in [1.82, 2.24) is 4.98 Å². The van der Waals surface area contributed by atoms with E-state index in [9.17, 15) is 9.59 Å². The van der Waals surface area contributed by atoms with Gasteiger partial charge < -0.3 is 9.47 Å². The number of methoxy groups -OCH3 is 1. The molecule has 0 amide bonds. The molecule has 3 aromatic carbocycles. The number of rotatable bonds is 6. The molecule has 0 radical (unpaired) electrons. The summed E-state index contributed by atoms with van der Waals surface area (Å²) in [5.74, 6) is -0.279. The lowest BCUT2D eigenvalue weighted by atomic mass is 9.97. The van der Waals surface area contributed by atoms with E-state index in [0.717, 1.165) is 16.8 Å². The second kappa shape index (κ2) is 9.02. The average molecular weight is 425 g/mol. The number of aromatic nitrogens is 1. The molecule has 0 saturated carbocycles. The van der Waals surface area contributed by atoms with Gasteiger partial charge in [-0.15, -0.1) is 0 Å². The van der Waals surface area contributed by atoms with Crippen LogP contribution >= 0.6 is 0 Å². The van der Waals surface area contributed by atoms with E-state index < -0.39 is 5.97 Å². The van der Waals surface area contributed by atoms with Crippen molar-refractivity contribution < 1.29 is 19.1 Å². The summed E-state index contributed by atoms with van der Waals surface area (Å²) in [4.78, 5) is 30.5. The normalized spacial score (nSPS) is 10.7. The fourth-order valence-corrected chi connectivity index (χ4v) is 3.65. The highest BCUT2D eigenvalue weighted by Crippen LogP contribution is 2.30. The topological polar surface area (TPSA) is 65.5 Å². The molecule has 32 heavy (non-hydrogen) atoms. The molecule has 0 atom stereocenters. The molecule has 0 aliphatic heterocycles. The van der Waals surface area contributed by atoms with Crippen LogP contribution in [0.15, 0.2) is 72.8 Å². The Morgan fingerprint density at radius 2 is 1.66 bits per heavy atom. The zero-order valence-electron chi connectivity index (χ0n) is 18.2. The second-order valence-electron chi connectivity index (χ2n) is 7.57. The maximum absolute atomic E-state index is 13.1. The number of benzene rings is 3. The van der Waals surface area contributed by atoms with Gasteiger partial charge in [0.05, 0.1) is 23.9 Å². The van der Waals surface area contributed by atoms with E-state index in [-0.39, 0.29) is 12.4 Å². The number of carbonyl (C=O) groups excluding carboxylic acids is 2. The van der Waals surface area contributed by atoms with Crippen LogP contribution in [0.4, 0.5) is 0 Å². The first-order valence-electron chi connectivity index (χ1n) is 10.3. The molecule has 0 spiro atoms. The molecule has 4 aromatic rings. The van der Waals surface area contributed by atoms with Crippen LogP contribution in [0.3, 0.4) is 0 Å². The molecule has 0 N–H and O–H groups in total. The van der Waals surface area contributed by atoms with Crippen molar-refractivity contribution in [2.24, 2.45) is 0 Å². The molecule has 5 heteroatoms. The number of ether oxygens (including phenoxy) is 2. The van der Waals surface area contributed by atoms with Crippen molar-refractivity contribution in [2.45, 2.75) is 13.8 Å². The number of hydrogen-bond donors (Lipinski definition) is 0. The Labute approximate surface area is 186 Å². The van der Waals surface area contributed by atoms with Crippen molar-refractivity contribution in [3.63, 3.8) is 0 Å². The quantitative estimate of drug-likeness (QED) is 0.299. The molecular formula is C27H23NO4. The SMILES string of the molecule is COc1cccc(C(=O)COC(=O)c2c(C)c(-c3ccc(C)cc3)nc3ccccc23)c1. The second-order valence-corrected chi connectivity index (χ2v) is 7.57. The number of hydrogen-bond acceptors (Lipinski definition) is 5. The van der Waals surface area contributed by atoms with E-state index in [4.69, 9.17) is 14.5 Å². The molecule has 0 unspecified atom stereocenters. The van der Waals surface area contributed by atoms with Gasteiger partial charge >= 0.3 is 5.97 Å². The van der Waals surface area contributed by atoms with Crippen LogP contribution < -0.4 is 4.74 Å². The molecule has 1 aromatic heterocycles. The molecule has 5 nitrogen and oxygen atoms in total. The van der Waals surface area contributed by atoms with Gasteiger partial charge in [-0.05, 0) is 37.6 Å². The summed E-state index contributed by atoms with van der Waals surface area (Å²) in [6.07, 6.45) is 0. The van der Waals surface area contributed by atoms with Crippen LogP contribution in [-0.2, 0) is 4.74 Å². The Morgan fingerprint density at radius 1 is 0.906 bits per heavy atom. The summed E-state index contributed by atoms with van der Waals surface area (Å²) in [6.45, 7) is 3.52. The molecule has 0 saturated heterocycles. The van der Waals surface area contributed by atoms with E-state index in [1.165, 1.54) is 7.11 Å². The zero-order chi connectivity index (χ0) is 22.7. The Bertz CT molecular complexity index is 1310. The van der Waals surface area contributed by atoms with Crippen molar-refractivity contribution in [2.75, 3.05) is 13.7 Å². The predicted molar refractivity (Wildman–Crippen MR) is 124 cm³/mol. The van der Waals surface area contributed by atoms with Crippen molar-refractivity contribution in [3.8, 4) is 17.0 Å². The van der Waals surface area contributed by atoms with Crippen molar-refractivity contribution in [1.29, 1.82) is 0 Å². The van der Waals surface area contributed by atoms with Gasteiger partial charge in [0.15, 0.2) is 12.4 Å². The first-order chi connectivity index (χ1) is 15.5. The molecular weight excluding hydrogens is 402 g/mol. The van der Waals surface area contributed by atoms with Crippen molar-refractivity contribution >= 4 is 22.7 Å².